The van der Waals surface area contributed by atoms with Gasteiger partial charge in [0, 0.05) is 4.88 Å². The smallest absolute Gasteiger partial charge is 0.280 e. The van der Waals surface area contributed by atoms with E-state index in [1.165, 1.54) is 9.75 Å². The van der Waals surface area contributed by atoms with E-state index in [9.17, 15) is 10.1 Å². The Morgan fingerprint density at radius 2 is 2.36 bits per heavy atom. The lowest BCUT2D eigenvalue weighted by molar-refractivity contribution is -0.884. The number of aryl methyl sites for hydroxylation is 1. The molecule has 0 fully saturated rings. The topological polar surface area (TPSA) is 57.3 Å². The van der Waals surface area contributed by atoms with Crippen LogP contribution in [0.2, 0.25) is 0 Å². The molecule has 1 aliphatic rings. The van der Waals surface area contributed by atoms with Gasteiger partial charge in [-0.05, 0) is 36.3 Å². The Labute approximate surface area is 138 Å². The van der Waals surface area contributed by atoms with Crippen molar-refractivity contribution in [2.75, 3.05) is 18.9 Å². The molecule has 0 saturated heterocycles. The zero-order valence-corrected chi connectivity index (χ0v) is 14.1. The van der Waals surface area contributed by atoms with Gasteiger partial charge >= 0.3 is 0 Å². The number of hydrogen-bond acceptors (Lipinski definition) is 4. The zero-order valence-electron chi connectivity index (χ0n) is 12.4. The van der Waals surface area contributed by atoms with Crippen LogP contribution in [0.25, 0.3) is 0 Å². The molecule has 2 N–H and O–H groups in total. The summed E-state index contributed by atoms with van der Waals surface area (Å²) in [6.45, 7) is 1.25. The van der Waals surface area contributed by atoms with Gasteiger partial charge in [0.1, 0.15) is 17.6 Å². The lowest BCUT2D eigenvalue weighted by Gasteiger charge is -2.12. The maximum Gasteiger partial charge on any atom is 0.280 e. The van der Waals surface area contributed by atoms with Crippen molar-refractivity contribution in [3.63, 3.8) is 0 Å². The number of rotatable bonds is 5. The largest absolute Gasteiger partial charge is 0.325 e. The molecule has 3 rings (SSSR count). The molecule has 0 bridgehead atoms. The summed E-state index contributed by atoms with van der Waals surface area (Å²) < 4.78 is 0. The molecule has 4 nitrogen and oxygen atoms in total. The summed E-state index contributed by atoms with van der Waals surface area (Å²) in [4.78, 5) is 15.9. The molecule has 0 radical (unpaired) electrons. The summed E-state index contributed by atoms with van der Waals surface area (Å²) in [6, 6.07) is 6.38. The Balaban J connectivity index is 1.61. The number of anilines is 1. The van der Waals surface area contributed by atoms with E-state index < -0.39 is 0 Å². The SMILES string of the molecule is C[NH+](CC(=O)Nc1sc2c(c1C#N)CCC2)Cc1cccs1. The van der Waals surface area contributed by atoms with E-state index in [0.717, 1.165) is 41.3 Å². The Kier molecular flexibility index (Phi) is 4.57. The highest BCUT2D eigenvalue weighted by Crippen LogP contribution is 2.38. The van der Waals surface area contributed by atoms with E-state index in [2.05, 4.69) is 22.8 Å². The monoisotopic (exact) mass is 332 g/mol. The van der Waals surface area contributed by atoms with Gasteiger partial charge in [-0.3, -0.25) is 4.79 Å². The normalized spacial score (nSPS) is 14.4. The number of quaternary nitrogens is 1. The Hall–Kier alpha value is -1.68. The van der Waals surface area contributed by atoms with Gasteiger partial charge in [0.15, 0.2) is 6.54 Å². The quantitative estimate of drug-likeness (QED) is 0.877. The second-order valence-electron chi connectivity index (χ2n) is 5.61. The molecule has 6 heteroatoms. The maximum absolute atomic E-state index is 12.2. The molecule has 1 atom stereocenters. The second-order valence-corrected chi connectivity index (χ2v) is 7.75. The Bertz CT molecular complexity index is 713. The van der Waals surface area contributed by atoms with E-state index in [1.807, 2.05) is 13.1 Å². The van der Waals surface area contributed by atoms with Crippen LogP contribution in [0.3, 0.4) is 0 Å². The van der Waals surface area contributed by atoms with Gasteiger partial charge in [0.05, 0.1) is 17.5 Å². The van der Waals surface area contributed by atoms with Gasteiger partial charge < -0.3 is 10.2 Å². The van der Waals surface area contributed by atoms with E-state index in [0.29, 0.717) is 12.1 Å². The molecule has 22 heavy (non-hydrogen) atoms. The number of carbonyl (C=O) groups excluding carboxylic acids is 1. The molecular formula is C16H18N3OS2+. The molecular weight excluding hydrogens is 314 g/mol. The fourth-order valence-corrected chi connectivity index (χ4v) is 4.90. The number of fused-ring (bicyclic) bond motifs is 1. The average Bonchev–Trinajstić information content (AvgIpc) is 3.15. The van der Waals surface area contributed by atoms with Crippen molar-refractivity contribution in [2.24, 2.45) is 0 Å². The highest BCUT2D eigenvalue weighted by molar-refractivity contribution is 7.16. The third kappa shape index (κ3) is 3.22. The van der Waals surface area contributed by atoms with Crippen LogP contribution in [0.1, 0.15) is 27.3 Å². The van der Waals surface area contributed by atoms with Crippen molar-refractivity contribution in [3.05, 3.63) is 38.4 Å². The van der Waals surface area contributed by atoms with Crippen LogP contribution in [0, 0.1) is 11.3 Å². The van der Waals surface area contributed by atoms with Crippen LogP contribution >= 0.6 is 22.7 Å². The summed E-state index contributed by atoms with van der Waals surface area (Å²) in [7, 11) is 2.01. The van der Waals surface area contributed by atoms with Crippen molar-refractivity contribution >= 4 is 33.6 Å². The summed E-state index contributed by atoms with van der Waals surface area (Å²) >= 11 is 3.28. The van der Waals surface area contributed by atoms with Gasteiger partial charge in [-0.25, -0.2) is 0 Å². The van der Waals surface area contributed by atoms with E-state index in [-0.39, 0.29) is 5.91 Å². The Morgan fingerprint density at radius 3 is 3.09 bits per heavy atom. The van der Waals surface area contributed by atoms with Gasteiger partial charge in [-0.1, -0.05) is 6.07 Å². The number of nitrogens with one attached hydrogen (secondary N) is 2. The minimum Gasteiger partial charge on any atom is -0.325 e. The Morgan fingerprint density at radius 1 is 1.50 bits per heavy atom. The standard InChI is InChI=1S/C16H17N3OS2/c1-19(9-11-4-3-7-21-11)10-15(20)18-16-13(8-17)12-5-2-6-14(12)22-16/h3-4,7H,2,5-6,9-10H2,1H3,(H,18,20)/p+1. The second kappa shape index (κ2) is 6.61. The number of amides is 1. The third-order valence-corrected chi connectivity index (χ3v) is 5.89. The number of nitrogens with zero attached hydrogens (tertiary/aromatic N) is 1. The molecule has 1 unspecified atom stereocenters. The summed E-state index contributed by atoms with van der Waals surface area (Å²) in [5.41, 5.74) is 1.84. The van der Waals surface area contributed by atoms with Crippen LogP contribution in [0.4, 0.5) is 5.00 Å². The number of nitriles is 1. The predicted octanol–water partition coefficient (Wildman–Crippen LogP) is 1.82. The zero-order chi connectivity index (χ0) is 15.5. The lowest BCUT2D eigenvalue weighted by Crippen LogP contribution is -3.08. The van der Waals surface area contributed by atoms with Crippen LogP contribution in [-0.4, -0.2) is 19.5 Å². The molecule has 0 aliphatic heterocycles. The van der Waals surface area contributed by atoms with Crippen molar-refractivity contribution in [2.45, 2.75) is 25.8 Å². The minimum absolute atomic E-state index is 0.0227. The van der Waals surface area contributed by atoms with E-state index in [1.54, 1.807) is 22.7 Å². The predicted molar refractivity (Wildman–Crippen MR) is 89.5 cm³/mol. The minimum atomic E-state index is -0.0227. The van der Waals surface area contributed by atoms with Gasteiger partial charge in [-0.2, -0.15) is 5.26 Å². The number of hydrogen-bond donors (Lipinski definition) is 2. The molecule has 0 spiro atoms. The third-order valence-electron chi connectivity index (χ3n) is 3.80. The fourth-order valence-electron chi connectivity index (χ4n) is 2.83. The van der Waals surface area contributed by atoms with Crippen LogP contribution in [-0.2, 0) is 24.2 Å². The first-order valence-corrected chi connectivity index (χ1v) is 9.05. The molecule has 0 saturated carbocycles. The summed E-state index contributed by atoms with van der Waals surface area (Å²) in [5.74, 6) is -0.0227. The highest BCUT2D eigenvalue weighted by Gasteiger charge is 2.23. The molecule has 2 aromatic rings. The molecule has 2 aromatic heterocycles. The first-order chi connectivity index (χ1) is 10.7. The average molecular weight is 332 g/mol. The van der Waals surface area contributed by atoms with Gasteiger partial charge in [0.2, 0.25) is 0 Å². The van der Waals surface area contributed by atoms with E-state index in [4.69, 9.17) is 0 Å². The molecule has 1 amide bonds. The van der Waals surface area contributed by atoms with Crippen LogP contribution in [0.15, 0.2) is 17.5 Å². The highest BCUT2D eigenvalue weighted by atomic mass is 32.1. The lowest BCUT2D eigenvalue weighted by atomic mass is 10.1. The van der Waals surface area contributed by atoms with E-state index >= 15 is 0 Å². The fraction of sp³-hybridized carbons (Fsp3) is 0.375. The van der Waals surface area contributed by atoms with Gasteiger partial charge in [-0.15, -0.1) is 22.7 Å². The maximum atomic E-state index is 12.2. The first-order valence-electron chi connectivity index (χ1n) is 7.35. The van der Waals surface area contributed by atoms with Crippen LogP contribution in [0.5, 0.6) is 0 Å². The molecule has 0 aromatic carbocycles. The molecule has 2 heterocycles. The molecule has 114 valence electrons. The van der Waals surface area contributed by atoms with Crippen molar-refractivity contribution in [1.82, 2.24) is 0 Å². The number of likely N-dealkylation sites (N-methyl/N-ethyl adjacent to an activating group) is 1. The first kappa shape index (κ1) is 15.2. The molecule has 1 aliphatic carbocycles. The van der Waals surface area contributed by atoms with Crippen molar-refractivity contribution in [3.8, 4) is 6.07 Å². The van der Waals surface area contributed by atoms with Crippen LogP contribution < -0.4 is 10.2 Å². The number of thiophene rings is 2. The summed E-state index contributed by atoms with van der Waals surface area (Å²) in [5, 5.41) is 15.1. The number of carbonyl (C=O) groups is 1. The van der Waals surface area contributed by atoms with Crippen molar-refractivity contribution < 1.29 is 9.69 Å². The summed E-state index contributed by atoms with van der Waals surface area (Å²) in [6.07, 6.45) is 3.12. The van der Waals surface area contributed by atoms with Crippen molar-refractivity contribution in [1.29, 1.82) is 5.26 Å². The van der Waals surface area contributed by atoms with Gasteiger partial charge in [0.25, 0.3) is 5.91 Å².